The molecule has 10 heteroatoms. The summed E-state index contributed by atoms with van der Waals surface area (Å²) in [5, 5.41) is 12.9. The first-order chi connectivity index (χ1) is 11.2. The molecule has 0 spiro atoms. The molecule has 0 aliphatic carbocycles. The second kappa shape index (κ2) is 6.90. The fraction of sp³-hybridized carbons (Fsp3) is 0.615. The summed E-state index contributed by atoms with van der Waals surface area (Å²) in [6.07, 6.45) is 2.24. The van der Waals surface area contributed by atoms with Crippen LogP contribution in [0, 0.1) is 0 Å². The average molecular weight is 338 g/mol. The van der Waals surface area contributed by atoms with E-state index in [-0.39, 0.29) is 12.0 Å². The minimum absolute atomic E-state index is 0.0828. The number of aromatic nitrogens is 4. The summed E-state index contributed by atoms with van der Waals surface area (Å²) in [5.41, 5.74) is 0. The maximum Gasteiger partial charge on any atom is 0.409 e. The molecule has 2 amide bonds. The standard InChI is InChI=1S/C13H18N6O3S/c1-2-22-13(21)18-7-5-17(6-8-18)11(20)4-3-10-16-19-9-14-15-12(19)23-10/h9H,2-8H2,1H3. The Hall–Kier alpha value is -2.23. The van der Waals surface area contributed by atoms with E-state index in [1.807, 2.05) is 0 Å². The molecule has 1 saturated heterocycles. The van der Waals surface area contributed by atoms with Gasteiger partial charge in [0.05, 0.1) is 6.61 Å². The third-order valence-electron chi connectivity index (χ3n) is 3.64. The SMILES string of the molecule is CCOC(=O)N1CCN(C(=O)CCc2nn3cnnc3s2)CC1. The Morgan fingerprint density at radius 1 is 1.26 bits per heavy atom. The number of piperazine rings is 1. The predicted molar refractivity (Wildman–Crippen MR) is 82.2 cm³/mol. The number of aryl methyl sites for hydroxylation is 1. The van der Waals surface area contributed by atoms with Crippen molar-refractivity contribution < 1.29 is 14.3 Å². The van der Waals surface area contributed by atoms with Crippen molar-refractivity contribution in [2.75, 3.05) is 32.8 Å². The van der Waals surface area contributed by atoms with Crippen LogP contribution in [0.2, 0.25) is 0 Å². The zero-order valence-electron chi connectivity index (χ0n) is 12.8. The second-order valence-corrected chi connectivity index (χ2v) is 6.16. The lowest BCUT2D eigenvalue weighted by Crippen LogP contribution is -2.50. The highest BCUT2D eigenvalue weighted by molar-refractivity contribution is 7.16. The lowest BCUT2D eigenvalue weighted by Gasteiger charge is -2.34. The number of ether oxygens (including phenoxy) is 1. The summed E-state index contributed by atoms with van der Waals surface area (Å²) < 4.78 is 6.58. The van der Waals surface area contributed by atoms with Crippen LogP contribution in [0.5, 0.6) is 0 Å². The smallest absolute Gasteiger partial charge is 0.409 e. The summed E-state index contributed by atoms with van der Waals surface area (Å²) in [6, 6.07) is 0. The highest BCUT2D eigenvalue weighted by atomic mass is 32.1. The zero-order chi connectivity index (χ0) is 16.2. The Morgan fingerprint density at radius 3 is 2.70 bits per heavy atom. The highest BCUT2D eigenvalue weighted by Crippen LogP contribution is 2.14. The van der Waals surface area contributed by atoms with Crippen molar-refractivity contribution in [3.8, 4) is 0 Å². The fourth-order valence-corrected chi connectivity index (χ4v) is 3.24. The van der Waals surface area contributed by atoms with E-state index in [0.29, 0.717) is 45.6 Å². The lowest BCUT2D eigenvalue weighted by molar-refractivity contribution is -0.132. The zero-order valence-corrected chi connectivity index (χ0v) is 13.7. The van der Waals surface area contributed by atoms with Crippen LogP contribution in [0.3, 0.4) is 0 Å². The van der Waals surface area contributed by atoms with Crippen LogP contribution in [0.4, 0.5) is 4.79 Å². The Balaban J connectivity index is 1.46. The number of hydrogen-bond donors (Lipinski definition) is 0. The van der Waals surface area contributed by atoms with Crippen molar-refractivity contribution in [1.82, 2.24) is 29.6 Å². The average Bonchev–Trinajstić information content (AvgIpc) is 3.14. The molecule has 0 aromatic carbocycles. The third kappa shape index (κ3) is 3.58. The molecule has 1 fully saturated rings. The van der Waals surface area contributed by atoms with E-state index in [0.717, 1.165) is 9.97 Å². The van der Waals surface area contributed by atoms with Crippen molar-refractivity contribution >= 4 is 28.3 Å². The maximum absolute atomic E-state index is 12.3. The van der Waals surface area contributed by atoms with E-state index < -0.39 is 0 Å². The Bertz CT molecular complexity index is 662. The van der Waals surface area contributed by atoms with E-state index in [2.05, 4.69) is 15.3 Å². The van der Waals surface area contributed by atoms with Crippen LogP contribution in [0.25, 0.3) is 4.96 Å². The van der Waals surface area contributed by atoms with Gasteiger partial charge in [-0.15, -0.1) is 10.2 Å². The molecular weight excluding hydrogens is 320 g/mol. The van der Waals surface area contributed by atoms with Gasteiger partial charge < -0.3 is 14.5 Å². The van der Waals surface area contributed by atoms with Crippen LogP contribution in [0.1, 0.15) is 18.4 Å². The first kappa shape index (κ1) is 15.7. The monoisotopic (exact) mass is 338 g/mol. The Labute approximate surface area is 136 Å². The van der Waals surface area contributed by atoms with Crippen molar-refractivity contribution in [3.05, 3.63) is 11.3 Å². The number of carbonyl (C=O) groups excluding carboxylic acids is 2. The molecule has 3 rings (SSSR count). The quantitative estimate of drug-likeness (QED) is 0.802. The van der Waals surface area contributed by atoms with E-state index in [1.165, 1.54) is 11.3 Å². The normalized spacial score (nSPS) is 15.2. The van der Waals surface area contributed by atoms with Crippen LogP contribution in [-0.2, 0) is 16.0 Å². The molecule has 2 aromatic rings. The predicted octanol–water partition coefficient (Wildman–Crippen LogP) is 0.419. The second-order valence-electron chi connectivity index (χ2n) is 5.12. The van der Waals surface area contributed by atoms with Crippen molar-refractivity contribution in [1.29, 1.82) is 0 Å². The minimum Gasteiger partial charge on any atom is -0.450 e. The molecule has 0 bridgehead atoms. The van der Waals surface area contributed by atoms with E-state index in [4.69, 9.17) is 4.74 Å². The van der Waals surface area contributed by atoms with Gasteiger partial charge in [-0.3, -0.25) is 4.79 Å². The molecule has 3 heterocycles. The largest absolute Gasteiger partial charge is 0.450 e. The summed E-state index contributed by atoms with van der Waals surface area (Å²) in [6.45, 7) is 4.27. The summed E-state index contributed by atoms with van der Waals surface area (Å²) in [7, 11) is 0. The first-order valence-electron chi connectivity index (χ1n) is 7.52. The van der Waals surface area contributed by atoms with Gasteiger partial charge in [-0.1, -0.05) is 11.3 Å². The molecule has 124 valence electrons. The number of amides is 2. The van der Waals surface area contributed by atoms with Gasteiger partial charge in [0.15, 0.2) is 0 Å². The van der Waals surface area contributed by atoms with E-state index in [1.54, 1.807) is 27.6 Å². The summed E-state index contributed by atoms with van der Waals surface area (Å²) in [5.74, 6) is 0.0828. The van der Waals surface area contributed by atoms with Gasteiger partial charge in [0.2, 0.25) is 10.9 Å². The third-order valence-corrected chi connectivity index (χ3v) is 4.61. The van der Waals surface area contributed by atoms with Crippen LogP contribution in [0.15, 0.2) is 6.33 Å². The number of hydrogen-bond acceptors (Lipinski definition) is 7. The topological polar surface area (TPSA) is 92.9 Å². The van der Waals surface area contributed by atoms with Crippen LogP contribution in [-0.4, -0.2) is 74.4 Å². The summed E-state index contributed by atoms with van der Waals surface area (Å²) >= 11 is 1.44. The molecule has 9 nitrogen and oxygen atoms in total. The molecule has 0 saturated carbocycles. The molecule has 0 N–H and O–H groups in total. The maximum atomic E-state index is 12.3. The molecule has 1 aliphatic heterocycles. The first-order valence-corrected chi connectivity index (χ1v) is 8.34. The van der Waals surface area contributed by atoms with Gasteiger partial charge in [-0.25, -0.2) is 4.79 Å². The van der Waals surface area contributed by atoms with Gasteiger partial charge >= 0.3 is 6.09 Å². The summed E-state index contributed by atoms with van der Waals surface area (Å²) in [4.78, 5) is 28.0. The van der Waals surface area contributed by atoms with Gasteiger partial charge in [0, 0.05) is 39.0 Å². The number of carbonyl (C=O) groups is 2. The molecule has 0 unspecified atom stereocenters. The number of fused-ring (bicyclic) bond motifs is 1. The van der Waals surface area contributed by atoms with Crippen LogP contribution < -0.4 is 0 Å². The van der Waals surface area contributed by atoms with Crippen molar-refractivity contribution in [2.24, 2.45) is 0 Å². The van der Waals surface area contributed by atoms with E-state index in [9.17, 15) is 9.59 Å². The lowest BCUT2D eigenvalue weighted by atomic mass is 10.2. The molecule has 1 aliphatic rings. The van der Waals surface area contributed by atoms with Crippen molar-refractivity contribution in [2.45, 2.75) is 19.8 Å². The Kier molecular flexibility index (Phi) is 4.70. The van der Waals surface area contributed by atoms with Crippen molar-refractivity contribution in [3.63, 3.8) is 0 Å². The molecule has 0 atom stereocenters. The number of rotatable bonds is 4. The minimum atomic E-state index is -0.306. The van der Waals surface area contributed by atoms with Gasteiger partial charge in [0.25, 0.3) is 0 Å². The van der Waals surface area contributed by atoms with E-state index >= 15 is 0 Å². The highest BCUT2D eigenvalue weighted by Gasteiger charge is 2.24. The molecule has 2 aromatic heterocycles. The van der Waals surface area contributed by atoms with Gasteiger partial charge in [-0.2, -0.15) is 9.61 Å². The number of nitrogens with zero attached hydrogens (tertiary/aromatic N) is 6. The molecule has 0 radical (unpaired) electrons. The Morgan fingerprint density at radius 2 is 2.00 bits per heavy atom. The van der Waals surface area contributed by atoms with Crippen LogP contribution >= 0.6 is 11.3 Å². The molecular formula is C13H18N6O3S. The van der Waals surface area contributed by atoms with Gasteiger partial charge in [-0.05, 0) is 6.92 Å². The molecule has 23 heavy (non-hydrogen) atoms. The fourth-order valence-electron chi connectivity index (χ4n) is 2.43. The van der Waals surface area contributed by atoms with Gasteiger partial charge in [0.1, 0.15) is 11.3 Å².